The van der Waals surface area contributed by atoms with Crippen LogP contribution in [0.2, 0.25) is 0 Å². The van der Waals surface area contributed by atoms with Crippen LogP contribution in [-0.4, -0.2) is 40.8 Å². The summed E-state index contributed by atoms with van der Waals surface area (Å²) in [7, 11) is 0. The van der Waals surface area contributed by atoms with Gasteiger partial charge in [0, 0.05) is 25.7 Å². The highest BCUT2D eigenvalue weighted by atomic mass is 79.9. The zero-order valence-corrected chi connectivity index (χ0v) is 14.1. The molecule has 6 heteroatoms. The summed E-state index contributed by atoms with van der Waals surface area (Å²) in [6.45, 7) is 7.61. The van der Waals surface area contributed by atoms with Gasteiger partial charge in [0.1, 0.15) is 11.4 Å². The van der Waals surface area contributed by atoms with Crippen LogP contribution < -0.4 is 5.32 Å². The number of rotatable bonds is 3. The maximum absolute atomic E-state index is 11.8. The summed E-state index contributed by atoms with van der Waals surface area (Å²) in [5.41, 5.74) is 0.629. The lowest BCUT2D eigenvalue weighted by molar-refractivity contribution is 0.00518. The molecule has 0 aliphatic carbocycles. The van der Waals surface area contributed by atoms with Gasteiger partial charge in [-0.2, -0.15) is 0 Å². The number of nitrogens with one attached hydrogen (secondary N) is 1. The van der Waals surface area contributed by atoms with E-state index in [1.165, 1.54) is 0 Å². The standard InChI is InChI=1S/C15H21BrN2O3/c1-15(2,3)21-14(20)18-8-11(9-18)17-7-10-4-5-13(19)12(16)6-10/h4-6,11,17,19H,7-9H2,1-3H3. The minimum absolute atomic E-state index is 0.235. The molecule has 1 saturated heterocycles. The van der Waals surface area contributed by atoms with Crippen LogP contribution in [0.5, 0.6) is 5.75 Å². The maximum Gasteiger partial charge on any atom is 0.410 e. The monoisotopic (exact) mass is 356 g/mol. The molecule has 0 spiro atoms. The summed E-state index contributed by atoms with van der Waals surface area (Å²) in [5.74, 6) is 0.235. The fraction of sp³-hybridized carbons (Fsp3) is 0.533. The quantitative estimate of drug-likeness (QED) is 0.873. The van der Waals surface area contributed by atoms with E-state index >= 15 is 0 Å². The third kappa shape index (κ3) is 4.61. The number of carbonyl (C=O) groups excluding carboxylic acids is 1. The number of hydrogen-bond donors (Lipinski definition) is 2. The van der Waals surface area contributed by atoms with Crippen molar-refractivity contribution in [2.45, 2.75) is 39.0 Å². The Labute approximate surface area is 133 Å². The number of nitrogens with zero attached hydrogens (tertiary/aromatic N) is 1. The minimum Gasteiger partial charge on any atom is -0.507 e. The first-order valence-corrected chi connectivity index (χ1v) is 7.72. The minimum atomic E-state index is -0.450. The van der Waals surface area contributed by atoms with Gasteiger partial charge < -0.3 is 20.1 Å². The van der Waals surface area contributed by atoms with Gasteiger partial charge in [-0.1, -0.05) is 6.07 Å². The van der Waals surface area contributed by atoms with Crippen molar-refractivity contribution in [3.05, 3.63) is 28.2 Å². The topological polar surface area (TPSA) is 61.8 Å². The lowest BCUT2D eigenvalue weighted by Gasteiger charge is -2.40. The molecule has 0 atom stereocenters. The number of phenolic OH excluding ortho intramolecular Hbond substituents is 1. The molecule has 1 aromatic carbocycles. The van der Waals surface area contributed by atoms with Crippen molar-refractivity contribution in [3.8, 4) is 5.75 Å². The number of benzene rings is 1. The molecule has 5 nitrogen and oxygen atoms in total. The molecule has 0 bridgehead atoms. The number of halogens is 1. The summed E-state index contributed by atoms with van der Waals surface area (Å²) in [4.78, 5) is 13.5. The van der Waals surface area contributed by atoms with E-state index in [1.54, 1.807) is 11.0 Å². The second kappa shape index (κ2) is 6.23. The van der Waals surface area contributed by atoms with Crippen LogP contribution in [0.1, 0.15) is 26.3 Å². The van der Waals surface area contributed by atoms with Gasteiger partial charge in [-0.15, -0.1) is 0 Å². The predicted octanol–water partition coefficient (Wildman–Crippen LogP) is 2.86. The Balaban J connectivity index is 1.73. The molecule has 1 aliphatic rings. The number of ether oxygens (including phenoxy) is 1. The molecular weight excluding hydrogens is 336 g/mol. The lowest BCUT2D eigenvalue weighted by atomic mass is 10.1. The maximum atomic E-state index is 11.8. The summed E-state index contributed by atoms with van der Waals surface area (Å²) in [6, 6.07) is 5.70. The van der Waals surface area contributed by atoms with Gasteiger partial charge in [0.2, 0.25) is 0 Å². The van der Waals surface area contributed by atoms with Gasteiger partial charge in [0.15, 0.2) is 0 Å². The van der Waals surface area contributed by atoms with Crippen molar-refractivity contribution in [1.29, 1.82) is 0 Å². The number of phenols is 1. The average Bonchev–Trinajstić information content (AvgIpc) is 2.29. The van der Waals surface area contributed by atoms with Crippen LogP contribution in [0.3, 0.4) is 0 Å². The highest BCUT2D eigenvalue weighted by molar-refractivity contribution is 9.10. The number of aromatic hydroxyl groups is 1. The third-order valence-electron chi connectivity index (χ3n) is 3.14. The van der Waals surface area contributed by atoms with Crippen molar-refractivity contribution in [3.63, 3.8) is 0 Å². The smallest absolute Gasteiger partial charge is 0.410 e. The van der Waals surface area contributed by atoms with E-state index in [0.29, 0.717) is 24.1 Å². The van der Waals surface area contributed by atoms with E-state index in [9.17, 15) is 9.90 Å². The summed E-state index contributed by atoms with van der Waals surface area (Å²) in [5, 5.41) is 12.8. The first-order chi connectivity index (χ1) is 9.74. The Hall–Kier alpha value is -1.27. The molecule has 2 rings (SSSR count). The number of hydrogen-bond acceptors (Lipinski definition) is 4. The van der Waals surface area contributed by atoms with E-state index in [4.69, 9.17) is 4.74 Å². The van der Waals surface area contributed by atoms with Gasteiger partial charge in [-0.3, -0.25) is 0 Å². The Morgan fingerprint density at radius 1 is 1.48 bits per heavy atom. The summed E-state index contributed by atoms with van der Waals surface area (Å²) in [6.07, 6.45) is -0.257. The molecule has 1 amide bonds. The number of likely N-dealkylation sites (tertiary alicyclic amines) is 1. The molecular formula is C15H21BrN2O3. The van der Waals surface area contributed by atoms with E-state index in [2.05, 4.69) is 21.2 Å². The normalized spacial score (nSPS) is 15.7. The fourth-order valence-corrected chi connectivity index (χ4v) is 2.43. The molecule has 2 N–H and O–H groups in total. The largest absolute Gasteiger partial charge is 0.507 e. The summed E-state index contributed by atoms with van der Waals surface area (Å²) < 4.78 is 5.99. The van der Waals surface area contributed by atoms with Gasteiger partial charge >= 0.3 is 6.09 Å². The van der Waals surface area contributed by atoms with E-state index < -0.39 is 5.60 Å². The molecule has 0 aromatic heterocycles. The molecule has 0 radical (unpaired) electrons. The Morgan fingerprint density at radius 3 is 2.71 bits per heavy atom. The van der Waals surface area contributed by atoms with Crippen LogP contribution in [0.15, 0.2) is 22.7 Å². The fourth-order valence-electron chi connectivity index (χ4n) is 2.01. The number of carbonyl (C=O) groups is 1. The van der Waals surface area contributed by atoms with Crippen molar-refractivity contribution in [1.82, 2.24) is 10.2 Å². The molecule has 1 fully saturated rings. The third-order valence-corrected chi connectivity index (χ3v) is 3.78. The molecule has 0 unspecified atom stereocenters. The first kappa shape index (κ1) is 16.1. The van der Waals surface area contributed by atoms with Gasteiger partial charge in [-0.05, 0) is 54.4 Å². The predicted molar refractivity (Wildman–Crippen MR) is 84.2 cm³/mol. The second-order valence-corrected chi connectivity index (χ2v) is 7.10. The van der Waals surface area contributed by atoms with Gasteiger partial charge in [-0.25, -0.2) is 4.79 Å². The van der Waals surface area contributed by atoms with E-state index in [0.717, 1.165) is 5.56 Å². The average molecular weight is 357 g/mol. The van der Waals surface area contributed by atoms with Gasteiger partial charge in [0.05, 0.1) is 4.47 Å². The Morgan fingerprint density at radius 2 is 2.14 bits per heavy atom. The zero-order chi connectivity index (χ0) is 15.6. The molecule has 21 heavy (non-hydrogen) atoms. The van der Waals surface area contributed by atoms with Crippen LogP contribution in [0, 0.1) is 0 Å². The Kier molecular flexibility index (Phi) is 4.78. The molecule has 1 aromatic rings. The van der Waals surface area contributed by atoms with E-state index in [1.807, 2.05) is 32.9 Å². The summed E-state index contributed by atoms with van der Waals surface area (Å²) >= 11 is 3.29. The van der Waals surface area contributed by atoms with Crippen molar-refractivity contribution >= 4 is 22.0 Å². The van der Waals surface area contributed by atoms with Gasteiger partial charge in [0.25, 0.3) is 0 Å². The van der Waals surface area contributed by atoms with Crippen LogP contribution in [0.25, 0.3) is 0 Å². The lowest BCUT2D eigenvalue weighted by Crippen LogP contribution is -2.60. The van der Waals surface area contributed by atoms with E-state index in [-0.39, 0.29) is 17.9 Å². The van der Waals surface area contributed by atoms with Crippen molar-refractivity contribution < 1.29 is 14.6 Å². The molecule has 0 saturated carbocycles. The molecule has 1 heterocycles. The number of amides is 1. The highest BCUT2D eigenvalue weighted by Gasteiger charge is 2.33. The van der Waals surface area contributed by atoms with Crippen LogP contribution >= 0.6 is 15.9 Å². The molecule has 1 aliphatic heterocycles. The van der Waals surface area contributed by atoms with Crippen molar-refractivity contribution in [2.75, 3.05) is 13.1 Å². The second-order valence-electron chi connectivity index (χ2n) is 6.25. The Bertz CT molecular complexity index is 522. The SMILES string of the molecule is CC(C)(C)OC(=O)N1CC(NCc2ccc(O)c(Br)c2)C1. The van der Waals surface area contributed by atoms with Crippen LogP contribution in [0.4, 0.5) is 4.79 Å². The van der Waals surface area contributed by atoms with Crippen LogP contribution in [-0.2, 0) is 11.3 Å². The highest BCUT2D eigenvalue weighted by Crippen LogP contribution is 2.24. The zero-order valence-electron chi connectivity index (χ0n) is 12.5. The first-order valence-electron chi connectivity index (χ1n) is 6.93. The van der Waals surface area contributed by atoms with Crippen molar-refractivity contribution in [2.24, 2.45) is 0 Å². The molecule has 116 valence electrons.